The average molecular weight is 535 g/mol. The molecule has 3 rings (SSSR count). The highest BCUT2D eigenvalue weighted by molar-refractivity contribution is 7.58. The van der Waals surface area contributed by atoms with E-state index in [-0.39, 0.29) is 36.2 Å². The number of ether oxygens (including phenoxy) is 4. The molecule has 1 aliphatic heterocycles. The quantitative estimate of drug-likeness (QED) is 0.320. The Bertz CT molecular complexity index is 1060. The number of methoxy groups -OCH3 is 3. The summed E-state index contributed by atoms with van der Waals surface area (Å²) in [5, 5.41) is 9.97. The average Bonchev–Trinajstić information content (AvgIpc) is 2.87. The van der Waals surface area contributed by atoms with E-state index in [0.29, 0.717) is 23.7 Å². The van der Waals surface area contributed by atoms with E-state index in [1.54, 1.807) is 49.0 Å². The summed E-state index contributed by atoms with van der Waals surface area (Å²) in [6, 6.07) is 13.7. The molecule has 3 atom stereocenters. The van der Waals surface area contributed by atoms with Crippen molar-refractivity contribution in [1.82, 2.24) is 0 Å². The Balaban J connectivity index is 2.28. The lowest BCUT2D eigenvalue weighted by Gasteiger charge is -2.40. The van der Waals surface area contributed by atoms with Crippen LogP contribution in [0.3, 0.4) is 0 Å². The molecule has 2 aromatic carbocycles. The lowest BCUT2D eigenvalue weighted by molar-refractivity contribution is 0.0458. The molecule has 9 heteroatoms. The highest BCUT2D eigenvalue weighted by Crippen LogP contribution is 2.62. The van der Waals surface area contributed by atoms with E-state index in [2.05, 4.69) is 0 Å². The second-order valence-corrected chi connectivity index (χ2v) is 11.3. The summed E-state index contributed by atoms with van der Waals surface area (Å²) in [5.74, 6) is 0.931. The van der Waals surface area contributed by atoms with Crippen molar-refractivity contribution in [3.8, 4) is 17.2 Å². The molecule has 1 N–H and O–H groups in total. The van der Waals surface area contributed by atoms with Crippen LogP contribution < -0.4 is 14.2 Å². The minimum absolute atomic E-state index is 0.108. The highest BCUT2D eigenvalue weighted by atomic mass is 31.2. The van der Waals surface area contributed by atoms with Crippen LogP contribution in [0.1, 0.15) is 57.1 Å². The summed E-state index contributed by atoms with van der Waals surface area (Å²) < 4.78 is 49.0. The standard InChI is InChI=1S/C28H39O8P/c1-18(2)35-37(30,36-19(3)4)26-17-22(21-15-24(31-5)28(33-7)25(16-21)32-6)27(23(34-26)13-14-29)20-11-9-8-10-12-20/h8-12,15-19,22-23,27,29H,13-14H2,1-7H3/t22-,23+,27-/m0/s1. The van der Waals surface area contributed by atoms with E-state index in [1.807, 2.05) is 48.5 Å². The van der Waals surface area contributed by atoms with Crippen LogP contribution in [0, 0.1) is 0 Å². The second-order valence-electron chi connectivity index (χ2n) is 9.40. The van der Waals surface area contributed by atoms with E-state index in [9.17, 15) is 9.67 Å². The van der Waals surface area contributed by atoms with Crippen molar-refractivity contribution in [3.63, 3.8) is 0 Å². The molecule has 0 aromatic heterocycles. The van der Waals surface area contributed by atoms with Crippen LogP contribution in [0.5, 0.6) is 17.2 Å². The van der Waals surface area contributed by atoms with Gasteiger partial charge in [0.05, 0.1) is 33.5 Å². The highest BCUT2D eigenvalue weighted by Gasteiger charge is 2.44. The number of hydrogen-bond donors (Lipinski definition) is 1. The first-order chi connectivity index (χ1) is 17.7. The molecule has 0 fully saturated rings. The van der Waals surface area contributed by atoms with Gasteiger partial charge < -0.3 is 33.1 Å². The fraction of sp³-hybridized carbons (Fsp3) is 0.500. The zero-order valence-corrected chi connectivity index (χ0v) is 23.6. The molecular formula is C28H39O8P. The topological polar surface area (TPSA) is 92.7 Å². The number of allylic oxidation sites excluding steroid dienone is 1. The summed E-state index contributed by atoms with van der Waals surface area (Å²) in [4.78, 5) is 0. The van der Waals surface area contributed by atoms with Gasteiger partial charge in [0.25, 0.3) is 0 Å². The van der Waals surface area contributed by atoms with E-state index in [0.717, 1.165) is 11.1 Å². The van der Waals surface area contributed by atoms with Crippen molar-refractivity contribution in [1.29, 1.82) is 0 Å². The molecule has 37 heavy (non-hydrogen) atoms. The molecule has 0 spiro atoms. The zero-order chi connectivity index (χ0) is 27.2. The van der Waals surface area contributed by atoms with Gasteiger partial charge in [-0.1, -0.05) is 30.3 Å². The van der Waals surface area contributed by atoms with Gasteiger partial charge in [0.1, 0.15) is 6.10 Å². The van der Waals surface area contributed by atoms with E-state index in [4.69, 9.17) is 28.0 Å². The molecular weight excluding hydrogens is 495 g/mol. The maximum Gasteiger partial charge on any atom is 0.395 e. The molecule has 1 aliphatic rings. The fourth-order valence-electron chi connectivity index (χ4n) is 4.66. The Morgan fingerprint density at radius 3 is 1.92 bits per heavy atom. The second kappa shape index (κ2) is 12.8. The van der Waals surface area contributed by atoms with E-state index < -0.39 is 13.7 Å². The molecule has 8 nitrogen and oxygen atoms in total. The van der Waals surface area contributed by atoms with Gasteiger partial charge in [-0.2, -0.15) is 0 Å². The Morgan fingerprint density at radius 1 is 0.892 bits per heavy atom. The molecule has 2 aromatic rings. The summed E-state index contributed by atoms with van der Waals surface area (Å²) in [6.45, 7) is 7.09. The number of aliphatic hydroxyl groups excluding tert-OH is 1. The van der Waals surface area contributed by atoms with Gasteiger partial charge in [-0.3, -0.25) is 4.57 Å². The van der Waals surface area contributed by atoms with Crippen LogP contribution in [0.2, 0.25) is 0 Å². The van der Waals surface area contributed by atoms with Gasteiger partial charge in [-0.05, 0) is 57.0 Å². The summed E-state index contributed by atoms with van der Waals surface area (Å²) in [5.41, 5.74) is 1.99. The number of rotatable bonds is 12. The van der Waals surface area contributed by atoms with Gasteiger partial charge >= 0.3 is 7.60 Å². The van der Waals surface area contributed by atoms with E-state index in [1.165, 1.54) is 0 Å². The molecule has 0 amide bonds. The Hall–Kier alpha value is -2.51. The van der Waals surface area contributed by atoms with Crippen molar-refractivity contribution < 1.29 is 37.7 Å². The van der Waals surface area contributed by atoms with Crippen LogP contribution in [-0.4, -0.2) is 51.4 Å². The van der Waals surface area contributed by atoms with Crippen LogP contribution >= 0.6 is 7.60 Å². The predicted molar refractivity (Wildman–Crippen MR) is 143 cm³/mol. The molecule has 1 heterocycles. The van der Waals surface area contributed by atoms with Gasteiger partial charge in [0.15, 0.2) is 11.5 Å². The molecule has 0 aliphatic carbocycles. The molecule has 0 unspecified atom stereocenters. The normalized spacial score (nSPS) is 19.9. The zero-order valence-electron chi connectivity index (χ0n) is 22.7. The molecule has 0 radical (unpaired) electrons. The Labute approximate surface area is 220 Å². The van der Waals surface area contributed by atoms with Crippen LogP contribution in [-0.2, 0) is 18.3 Å². The lowest BCUT2D eigenvalue weighted by atomic mass is 9.76. The minimum atomic E-state index is -3.83. The Morgan fingerprint density at radius 2 is 1.46 bits per heavy atom. The largest absolute Gasteiger partial charge is 0.493 e. The van der Waals surface area contributed by atoms with Gasteiger partial charge in [0.2, 0.25) is 11.2 Å². The predicted octanol–water partition coefficient (Wildman–Crippen LogP) is 6.25. The summed E-state index contributed by atoms with van der Waals surface area (Å²) >= 11 is 0. The monoisotopic (exact) mass is 534 g/mol. The van der Waals surface area contributed by atoms with Gasteiger partial charge in [-0.15, -0.1) is 0 Å². The maximum atomic E-state index is 14.1. The first-order valence-electron chi connectivity index (χ1n) is 12.5. The maximum absolute atomic E-state index is 14.1. The molecule has 204 valence electrons. The summed E-state index contributed by atoms with van der Waals surface area (Å²) in [6.07, 6.45) is 0.906. The number of benzene rings is 2. The first-order valence-corrected chi connectivity index (χ1v) is 14.0. The van der Waals surface area contributed by atoms with Crippen molar-refractivity contribution in [2.24, 2.45) is 0 Å². The Kier molecular flexibility index (Phi) is 10.1. The molecule has 0 saturated carbocycles. The third-order valence-corrected chi connectivity index (χ3v) is 8.21. The third-order valence-electron chi connectivity index (χ3n) is 6.02. The van der Waals surface area contributed by atoms with Gasteiger partial charge in [0, 0.05) is 24.9 Å². The van der Waals surface area contributed by atoms with Crippen molar-refractivity contribution in [2.75, 3.05) is 27.9 Å². The smallest absolute Gasteiger partial charge is 0.395 e. The van der Waals surface area contributed by atoms with Crippen LogP contribution in [0.4, 0.5) is 0 Å². The number of hydrogen-bond acceptors (Lipinski definition) is 8. The first kappa shape index (κ1) is 29.1. The molecule has 0 bridgehead atoms. The van der Waals surface area contributed by atoms with Crippen molar-refractivity contribution >= 4 is 7.60 Å². The SMILES string of the molecule is COc1cc([C@@H]2C=C(P(=O)(OC(C)C)OC(C)C)O[C@H](CCO)[C@H]2c2ccccc2)cc(OC)c1OC. The van der Waals surface area contributed by atoms with Crippen LogP contribution in [0.15, 0.2) is 54.0 Å². The van der Waals surface area contributed by atoms with Crippen LogP contribution in [0.25, 0.3) is 0 Å². The lowest BCUT2D eigenvalue weighted by Crippen LogP contribution is -2.32. The van der Waals surface area contributed by atoms with Crippen molar-refractivity contribution in [2.45, 2.75) is 64.3 Å². The molecule has 0 saturated heterocycles. The van der Waals surface area contributed by atoms with Gasteiger partial charge in [-0.25, -0.2) is 0 Å². The minimum Gasteiger partial charge on any atom is -0.493 e. The van der Waals surface area contributed by atoms with Crippen molar-refractivity contribution in [3.05, 3.63) is 65.2 Å². The number of aliphatic hydroxyl groups is 1. The van der Waals surface area contributed by atoms with E-state index >= 15 is 0 Å². The fourth-order valence-corrected chi connectivity index (χ4v) is 6.63. The summed E-state index contributed by atoms with van der Waals surface area (Å²) in [7, 11) is 0.861. The third kappa shape index (κ3) is 6.68.